The molecule has 1 fully saturated rings. The third kappa shape index (κ3) is 6.67. The molecule has 1 saturated carbocycles. The summed E-state index contributed by atoms with van der Waals surface area (Å²) in [6.07, 6.45) is 8.67. The molecule has 6 heteroatoms. The van der Waals surface area contributed by atoms with E-state index >= 15 is 0 Å². The van der Waals surface area contributed by atoms with Gasteiger partial charge in [0.05, 0.1) is 17.6 Å². The monoisotopic (exact) mass is 380 g/mol. The smallest absolute Gasteiger partial charge is 0.297 e. The summed E-state index contributed by atoms with van der Waals surface area (Å²) in [4.78, 5) is 12.0. The third-order valence-electron chi connectivity index (χ3n) is 4.67. The molecule has 26 heavy (non-hydrogen) atoms. The Hall–Kier alpha value is -1.50. The van der Waals surface area contributed by atoms with E-state index in [1.165, 1.54) is 18.2 Å². The summed E-state index contributed by atoms with van der Waals surface area (Å²) in [7, 11) is -3.87. The fraction of sp³-hybridized carbons (Fsp3) is 0.550. The minimum absolute atomic E-state index is 0.0738. The first-order valence-corrected chi connectivity index (χ1v) is 10.6. The fourth-order valence-corrected chi connectivity index (χ4v) is 4.01. The van der Waals surface area contributed by atoms with Crippen LogP contribution in [0.5, 0.6) is 0 Å². The Morgan fingerprint density at radius 1 is 1.27 bits per heavy atom. The summed E-state index contributed by atoms with van der Waals surface area (Å²) in [5, 5.41) is 9.84. The second-order valence-corrected chi connectivity index (χ2v) is 8.50. The van der Waals surface area contributed by atoms with Crippen LogP contribution < -0.4 is 0 Å². The van der Waals surface area contributed by atoms with Crippen LogP contribution in [0.1, 0.15) is 50.5 Å². The van der Waals surface area contributed by atoms with E-state index in [0.29, 0.717) is 18.6 Å². The topological polar surface area (TPSA) is 80.7 Å². The summed E-state index contributed by atoms with van der Waals surface area (Å²) in [5.41, 5.74) is 0.957. The molecule has 1 atom stereocenters. The maximum Gasteiger partial charge on any atom is 0.297 e. The summed E-state index contributed by atoms with van der Waals surface area (Å²) in [6, 6.07) is 6.35. The highest BCUT2D eigenvalue weighted by atomic mass is 32.2. The van der Waals surface area contributed by atoms with Gasteiger partial charge in [-0.15, -0.1) is 0 Å². The first kappa shape index (κ1) is 20.8. The molecule has 0 aromatic heterocycles. The molecule has 0 unspecified atom stereocenters. The van der Waals surface area contributed by atoms with Crippen LogP contribution in [0, 0.1) is 12.8 Å². The van der Waals surface area contributed by atoms with E-state index < -0.39 is 16.2 Å². The Bertz CT molecular complexity index is 700. The van der Waals surface area contributed by atoms with Crippen molar-refractivity contribution < 1.29 is 22.5 Å². The number of ketones is 1. The maximum atomic E-state index is 12.0. The first-order valence-electron chi connectivity index (χ1n) is 9.22. The van der Waals surface area contributed by atoms with Crippen molar-refractivity contribution in [2.24, 2.45) is 5.92 Å². The van der Waals surface area contributed by atoms with Gasteiger partial charge in [0.15, 0.2) is 0 Å². The van der Waals surface area contributed by atoms with Crippen molar-refractivity contribution in [2.45, 2.75) is 62.9 Å². The number of benzene rings is 1. The number of rotatable bonds is 10. The lowest BCUT2D eigenvalue weighted by Gasteiger charge is -2.08. The number of allylic oxidation sites excluding steroid dienone is 1. The van der Waals surface area contributed by atoms with Crippen LogP contribution in [0.4, 0.5) is 0 Å². The average Bonchev–Trinajstić information content (AvgIpc) is 3.15. The van der Waals surface area contributed by atoms with Crippen molar-refractivity contribution in [3.8, 4) is 0 Å². The highest BCUT2D eigenvalue weighted by Gasteiger charge is 2.21. The fourth-order valence-electron chi connectivity index (χ4n) is 3.09. The number of Topliss-reactive ketones (excluding diaryl/α,β-unsaturated/α-hetero) is 1. The molecule has 0 heterocycles. The number of hydrogen-bond donors (Lipinski definition) is 1. The van der Waals surface area contributed by atoms with Crippen molar-refractivity contribution in [3.05, 3.63) is 42.0 Å². The van der Waals surface area contributed by atoms with Crippen molar-refractivity contribution >= 4 is 15.9 Å². The predicted molar refractivity (Wildman–Crippen MR) is 100 cm³/mol. The molecule has 0 saturated heterocycles. The molecule has 1 aromatic rings. The predicted octanol–water partition coefficient (Wildman–Crippen LogP) is 3.55. The van der Waals surface area contributed by atoms with Crippen molar-refractivity contribution in [2.75, 3.05) is 6.61 Å². The summed E-state index contributed by atoms with van der Waals surface area (Å²) >= 11 is 0. The molecule has 0 amide bonds. The molecule has 0 radical (unpaired) electrons. The standard InChI is InChI=1S/C20H28O5S/c1-16-11-13-19(14-12-16)26(23,24)25-15-18(21)9-3-2-4-10-20(22)17-7-5-6-8-17/h3,9,11-14,17-18,21H,2,4-8,10,15H2,1H3/b9-3-/t18-/m1/s1. The van der Waals surface area contributed by atoms with E-state index in [9.17, 15) is 18.3 Å². The van der Waals surface area contributed by atoms with E-state index in [0.717, 1.165) is 37.7 Å². The Kier molecular flexibility index (Phi) is 8.00. The SMILES string of the molecule is Cc1ccc(S(=O)(=O)OC[C@H](O)/C=C\CCCC(=O)C2CCCC2)cc1. The number of aliphatic hydroxyl groups excluding tert-OH is 1. The quantitative estimate of drug-likeness (QED) is 0.381. The van der Waals surface area contributed by atoms with E-state index in [1.807, 2.05) is 6.92 Å². The second-order valence-electron chi connectivity index (χ2n) is 6.89. The lowest BCUT2D eigenvalue weighted by atomic mass is 9.98. The summed E-state index contributed by atoms with van der Waals surface area (Å²) in [5.74, 6) is 0.605. The van der Waals surface area contributed by atoms with Crippen LogP contribution >= 0.6 is 0 Å². The van der Waals surface area contributed by atoms with E-state index in [-0.39, 0.29) is 17.4 Å². The van der Waals surface area contributed by atoms with Crippen LogP contribution in [0.25, 0.3) is 0 Å². The molecule has 1 N–H and O–H groups in total. The lowest BCUT2D eigenvalue weighted by molar-refractivity contribution is -0.122. The van der Waals surface area contributed by atoms with Crippen LogP contribution in [0.2, 0.25) is 0 Å². The average molecular weight is 381 g/mol. The van der Waals surface area contributed by atoms with Gasteiger partial charge in [0, 0.05) is 12.3 Å². The molecular formula is C20H28O5S. The van der Waals surface area contributed by atoms with Gasteiger partial charge in [-0.2, -0.15) is 8.42 Å². The molecule has 1 aliphatic rings. The zero-order valence-corrected chi connectivity index (χ0v) is 16.1. The third-order valence-corrected chi connectivity index (χ3v) is 5.96. The van der Waals surface area contributed by atoms with Crippen molar-refractivity contribution in [1.82, 2.24) is 0 Å². The molecule has 0 spiro atoms. The molecule has 0 bridgehead atoms. The molecule has 5 nitrogen and oxygen atoms in total. The molecular weight excluding hydrogens is 352 g/mol. The van der Waals surface area contributed by atoms with Gasteiger partial charge in [0.2, 0.25) is 0 Å². The van der Waals surface area contributed by atoms with E-state index in [1.54, 1.807) is 18.2 Å². The molecule has 0 aliphatic heterocycles. The van der Waals surface area contributed by atoms with Gasteiger partial charge in [0.25, 0.3) is 10.1 Å². The lowest BCUT2D eigenvalue weighted by Crippen LogP contribution is -2.17. The molecule has 1 aromatic carbocycles. The second kappa shape index (κ2) is 10.00. The number of carbonyl (C=O) groups excluding carboxylic acids is 1. The van der Waals surface area contributed by atoms with E-state index in [4.69, 9.17) is 4.18 Å². The normalized spacial score (nSPS) is 17.0. The summed E-state index contributed by atoms with van der Waals surface area (Å²) in [6.45, 7) is 1.54. The number of unbranched alkanes of at least 4 members (excludes halogenated alkanes) is 1. The maximum absolute atomic E-state index is 12.0. The minimum atomic E-state index is -3.87. The number of aliphatic hydroxyl groups is 1. The first-order chi connectivity index (χ1) is 12.4. The van der Waals surface area contributed by atoms with Gasteiger partial charge in [-0.25, -0.2) is 0 Å². The Morgan fingerprint density at radius 2 is 1.92 bits per heavy atom. The van der Waals surface area contributed by atoms with Crippen LogP contribution in [-0.2, 0) is 19.1 Å². The number of aryl methyl sites for hydroxylation is 1. The van der Waals surface area contributed by atoms with Gasteiger partial charge in [-0.3, -0.25) is 8.98 Å². The zero-order valence-electron chi connectivity index (χ0n) is 15.3. The molecule has 144 valence electrons. The molecule has 2 rings (SSSR count). The van der Waals surface area contributed by atoms with Gasteiger partial charge in [-0.1, -0.05) is 42.7 Å². The van der Waals surface area contributed by atoms with Crippen LogP contribution in [0.3, 0.4) is 0 Å². The van der Waals surface area contributed by atoms with E-state index in [2.05, 4.69) is 0 Å². The Labute approximate surface area is 156 Å². The van der Waals surface area contributed by atoms with Gasteiger partial charge in [-0.05, 0) is 44.7 Å². The van der Waals surface area contributed by atoms with Crippen molar-refractivity contribution in [1.29, 1.82) is 0 Å². The number of carbonyl (C=O) groups is 1. The molecule has 1 aliphatic carbocycles. The van der Waals surface area contributed by atoms with Gasteiger partial charge < -0.3 is 5.11 Å². The van der Waals surface area contributed by atoms with Crippen LogP contribution in [0.15, 0.2) is 41.3 Å². The minimum Gasteiger partial charge on any atom is -0.387 e. The number of hydrogen-bond acceptors (Lipinski definition) is 5. The largest absolute Gasteiger partial charge is 0.387 e. The van der Waals surface area contributed by atoms with Gasteiger partial charge >= 0.3 is 0 Å². The highest BCUT2D eigenvalue weighted by molar-refractivity contribution is 7.86. The summed E-state index contributed by atoms with van der Waals surface area (Å²) < 4.78 is 29.0. The van der Waals surface area contributed by atoms with Crippen LogP contribution in [-0.4, -0.2) is 32.0 Å². The van der Waals surface area contributed by atoms with Crippen molar-refractivity contribution in [3.63, 3.8) is 0 Å². The Morgan fingerprint density at radius 3 is 2.58 bits per heavy atom. The van der Waals surface area contributed by atoms with Gasteiger partial charge in [0.1, 0.15) is 5.78 Å². The highest BCUT2D eigenvalue weighted by Crippen LogP contribution is 2.26. The Balaban J connectivity index is 1.67. The zero-order chi connectivity index (χ0) is 19.0.